The van der Waals surface area contributed by atoms with Gasteiger partial charge in [0.05, 0.1) is 17.5 Å². The highest BCUT2D eigenvalue weighted by Gasteiger charge is 2.32. The molecule has 1 saturated carbocycles. The zero-order valence-corrected chi connectivity index (χ0v) is 25.0. The number of nitrogens with one attached hydrogen (secondary N) is 1. The molecule has 0 unspecified atom stereocenters. The Morgan fingerprint density at radius 1 is 1.07 bits per heavy atom. The fraction of sp³-hybridized carbons (Fsp3) is 0.500. The maximum Gasteiger partial charge on any atom is 0.416 e. The molecular weight excluding hydrogens is 611 g/mol. The average Bonchev–Trinajstić information content (AvgIpc) is 2.88. The van der Waals surface area contributed by atoms with Crippen LogP contribution in [0.1, 0.15) is 63.0 Å². The number of carbonyl (C=O) groups is 2. The highest BCUT2D eigenvalue weighted by atomic mass is 79.9. The molecule has 0 radical (unpaired) electrons. The molecule has 1 N–H and O–H groups in total. The Morgan fingerprint density at radius 3 is 2.38 bits per heavy atom. The van der Waals surface area contributed by atoms with Gasteiger partial charge in [-0.3, -0.25) is 13.9 Å². The largest absolute Gasteiger partial charge is 0.416 e. The first-order valence-electron chi connectivity index (χ1n) is 13.2. The predicted octanol–water partition coefficient (Wildman–Crippen LogP) is 5.88. The second-order valence-corrected chi connectivity index (χ2v) is 13.0. The van der Waals surface area contributed by atoms with Crippen molar-refractivity contribution in [3.05, 3.63) is 64.1 Å². The molecule has 1 atom stereocenters. The number of rotatable bonds is 11. The van der Waals surface area contributed by atoms with E-state index in [1.807, 2.05) is 24.3 Å². The van der Waals surface area contributed by atoms with Gasteiger partial charge in [0.2, 0.25) is 21.8 Å². The normalized spacial score (nSPS) is 15.3. The summed E-state index contributed by atoms with van der Waals surface area (Å²) in [5, 5.41) is 3.06. The minimum Gasteiger partial charge on any atom is -0.352 e. The van der Waals surface area contributed by atoms with Crippen LogP contribution in [0.15, 0.2) is 53.0 Å². The molecule has 0 aliphatic heterocycles. The second-order valence-electron chi connectivity index (χ2n) is 10.2. The summed E-state index contributed by atoms with van der Waals surface area (Å²) < 4.78 is 66.2. The lowest BCUT2D eigenvalue weighted by Gasteiger charge is -2.31. The molecule has 7 nitrogen and oxygen atoms in total. The number of alkyl halides is 3. The van der Waals surface area contributed by atoms with Crippen molar-refractivity contribution < 1.29 is 31.2 Å². The van der Waals surface area contributed by atoms with Crippen LogP contribution in [0.5, 0.6) is 0 Å². The third-order valence-electron chi connectivity index (χ3n) is 6.97. The number of anilines is 1. The van der Waals surface area contributed by atoms with Crippen LogP contribution in [-0.4, -0.2) is 50.0 Å². The second kappa shape index (κ2) is 13.8. The van der Waals surface area contributed by atoms with Crippen LogP contribution in [0.4, 0.5) is 18.9 Å². The minimum atomic E-state index is -4.63. The Labute approximate surface area is 242 Å². The van der Waals surface area contributed by atoms with Gasteiger partial charge < -0.3 is 10.2 Å². The number of carbonyl (C=O) groups excluding carboxylic acids is 2. The topological polar surface area (TPSA) is 86.8 Å². The Balaban J connectivity index is 1.74. The number of sulfonamides is 1. The summed E-state index contributed by atoms with van der Waals surface area (Å²) >= 11 is 3.42. The molecule has 3 rings (SSSR count). The van der Waals surface area contributed by atoms with E-state index in [0.29, 0.717) is 0 Å². The number of halogens is 4. The van der Waals surface area contributed by atoms with Gasteiger partial charge in [-0.25, -0.2) is 8.42 Å². The van der Waals surface area contributed by atoms with Gasteiger partial charge in [-0.15, -0.1) is 0 Å². The summed E-state index contributed by atoms with van der Waals surface area (Å²) in [6, 6.07) is 10.7. The Morgan fingerprint density at radius 2 is 1.75 bits per heavy atom. The van der Waals surface area contributed by atoms with Crippen LogP contribution in [0.3, 0.4) is 0 Å². The van der Waals surface area contributed by atoms with Crippen LogP contribution in [-0.2, 0) is 32.3 Å². The first-order chi connectivity index (χ1) is 18.8. The quantitative estimate of drug-likeness (QED) is 0.331. The van der Waals surface area contributed by atoms with Crippen molar-refractivity contribution >= 4 is 43.5 Å². The highest BCUT2D eigenvalue weighted by molar-refractivity contribution is 9.10. The van der Waals surface area contributed by atoms with E-state index in [-0.39, 0.29) is 49.5 Å². The Bertz CT molecular complexity index is 1280. The molecule has 12 heteroatoms. The van der Waals surface area contributed by atoms with Gasteiger partial charge in [0.25, 0.3) is 0 Å². The third kappa shape index (κ3) is 9.22. The molecule has 2 aromatic rings. The number of hydrogen-bond acceptors (Lipinski definition) is 4. The van der Waals surface area contributed by atoms with Crippen molar-refractivity contribution in [3.8, 4) is 0 Å². The molecule has 1 aliphatic rings. The molecule has 1 aliphatic carbocycles. The molecule has 2 aromatic carbocycles. The van der Waals surface area contributed by atoms with Gasteiger partial charge in [0.15, 0.2) is 0 Å². The fourth-order valence-electron chi connectivity index (χ4n) is 4.82. The van der Waals surface area contributed by atoms with Gasteiger partial charge in [0.1, 0.15) is 6.04 Å². The van der Waals surface area contributed by atoms with E-state index in [4.69, 9.17) is 0 Å². The molecule has 0 spiro atoms. The van der Waals surface area contributed by atoms with E-state index >= 15 is 0 Å². The van der Waals surface area contributed by atoms with E-state index in [9.17, 15) is 31.2 Å². The lowest BCUT2D eigenvalue weighted by Crippen LogP contribution is -2.50. The zero-order valence-electron chi connectivity index (χ0n) is 22.6. The Kier molecular flexibility index (Phi) is 11.0. The van der Waals surface area contributed by atoms with Crippen LogP contribution in [0, 0.1) is 0 Å². The third-order valence-corrected chi connectivity index (χ3v) is 8.66. The SMILES string of the molecule is C[C@@H](C(=O)NC1CCCCC1)N(Cc1cccc(Br)c1)C(=O)CCCN(c1cccc(C(F)(F)F)c1)S(C)(=O)=O. The summed E-state index contributed by atoms with van der Waals surface area (Å²) in [5.74, 6) is -0.610. The molecule has 2 amide bonds. The van der Waals surface area contributed by atoms with E-state index in [0.717, 1.165) is 70.9 Å². The van der Waals surface area contributed by atoms with Gasteiger partial charge in [-0.1, -0.05) is 53.4 Å². The van der Waals surface area contributed by atoms with Gasteiger partial charge >= 0.3 is 6.18 Å². The first kappa shape index (κ1) is 31.9. The summed E-state index contributed by atoms with van der Waals surface area (Å²) in [5.41, 5.74) is -0.287. The van der Waals surface area contributed by atoms with Crippen molar-refractivity contribution in [1.82, 2.24) is 10.2 Å². The smallest absolute Gasteiger partial charge is 0.352 e. The summed E-state index contributed by atoms with van der Waals surface area (Å²) in [6.45, 7) is 1.64. The molecule has 220 valence electrons. The predicted molar refractivity (Wildman–Crippen MR) is 152 cm³/mol. The van der Waals surface area contributed by atoms with Crippen molar-refractivity contribution in [2.24, 2.45) is 0 Å². The number of amides is 2. The maximum atomic E-state index is 13.4. The molecule has 0 saturated heterocycles. The molecule has 0 bridgehead atoms. The monoisotopic (exact) mass is 645 g/mol. The first-order valence-corrected chi connectivity index (χ1v) is 15.9. The zero-order chi connectivity index (χ0) is 29.5. The fourth-order valence-corrected chi connectivity index (χ4v) is 6.23. The maximum absolute atomic E-state index is 13.4. The standard InChI is InChI=1S/C28H35BrF3N3O4S/c1-20(27(37)33-24-12-4-3-5-13-24)34(19-21-9-6-11-23(29)17-21)26(36)15-8-16-35(40(2,38)39)25-14-7-10-22(18-25)28(30,31)32/h6-7,9-11,14,17-18,20,24H,3-5,8,12-13,15-16,19H2,1-2H3,(H,33,37)/t20-/m0/s1. The van der Waals surface area contributed by atoms with Crippen LogP contribution < -0.4 is 9.62 Å². The molecule has 1 fully saturated rings. The van der Waals surface area contributed by atoms with Gasteiger partial charge in [0, 0.05) is 30.0 Å². The van der Waals surface area contributed by atoms with Crippen LogP contribution in [0.2, 0.25) is 0 Å². The molecule has 0 heterocycles. The van der Waals surface area contributed by atoms with Crippen molar-refractivity contribution in [3.63, 3.8) is 0 Å². The van der Waals surface area contributed by atoms with Crippen LogP contribution >= 0.6 is 15.9 Å². The van der Waals surface area contributed by atoms with E-state index in [1.54, 1.807) is 6.92 Å². The summed E-state index contributed by atoms with van der Waals surface area (Å²) in [7, 11) is -3.93. The lowest BCUT2D eigenvalue weighted by atomic mass is 9.95. The highest BCUT2D eigenvalue weighted by Crippen LogP contribution is 2.32. The van der Waals surface area contributed by atoms with E-state index < -0.39 is 27.8 Å². The van der Waals surface area contributed by atoms with Gasteiger partial charge in [-0.05, 0) is 62.1 Å². The number of benzene rings is 2. The van der Waals surface area contributed by atoms with Crippen LogP contribution in [0.25, 0.3) is 0 Å². The Hall–Kier alpha value is -2.60. The number of nitrogens with zero attached hydrogens (tertiary/aromatic N) is 2. The van der Waals surface area contributed by atoms with Crippen molar-refractivity contribution in [1.29, 1.82) is 0 Å². The molecule has 40 heavy (non-hydrogen) atoms. The van der Waals surface area contributed by atoms with E-state index in [1.165, 1.54) is 11.0 Å². The van der Waals surface area contributed by atoms with E-state index in [2.05, 4.69) is 21.2 Å². The number of hydrogen-bond donors (Lipinski definition) is 1. The molecular formula is C28H35BrF3N3O4S. The summed E-state index contributed by atoms with van der Waals surface area (Å²) in [6.07, 6.45) is 1.26. The van der Waals surface area contributed by atoms with Crippen molar-refractivity contribution in [2.75, 3.05) is 17.1 Å². The van der Waals surface area contributed by atoms with Crippen molar-refractivity contribution in [2.45, 2.75) is 76.7 Å². The van der Waals surface area contributed by atoms with Gasteiger partial charge in [-0.2, -0.15) is 13.2 Å². The minimum absolute atomic E-state index is 0.0497. The lowest BCUT2D eigenvalue weighted by molar-refractivity contribution is -0.141. The average molecular weight is 647 g/mol. The molecule has 0 aromatic heterocycles. The summed E-state index contributed by atoms with van der Waals surface area (Å²) in [4.78, 5) is 28.0.